The molecule has 2 amide bonds. The summed E-state index contributed by atoms with van der Waals surface area (Å²) in [7, 11) is 0. The van der Waals surface area contributed by atoms with Crippen LogP contribution in [-0.2, 0) is 9.59 Å². The molecule has 1 N–H and O–H groups in total. The van der Waals surface area contributed by atoms with Crippen LogP contribution in [0.2, 0.25) is 5.02 Å². The minimum absolute atomic E-state index is 0.0571. The van der Waals surface area contributed by atoms with Crippen LogP contribution >= 0.6 is 11.6 Å². The number of fused-ring (bicyclic) bond motifs is 3. The fourth-order valence-corrected chi connectivity index (χ4v) is 5.63. The summed E-state index contributed by atoms with van der Waals surface area (Å²) in [6.45, 7) is 0.752. The number of rotatable bonds is 3. The maximum absolute atomic E-state index is 13.4. The van der Waals surface area contributed by atoms with E-state index in [1.807, 2.05) is 0 Å². The number of benzene rings is 2. The van der Waals surface area contributed by atoms with E-state index in [9.17, 15) is 18.8 Å². The van der Waals surface area contributed by atoms with Gasteiger partial charge in [0.1, 0.15) is 23.7 Å². The van der Waals surface area contributed by atoms with Crippen molar-refractivity contribution in [1.82, 2.24) is 0 Å². The molecule has 0 saturated carbocycles. The zero-order chi connectivity index (χ0) is 20.3. The van der Waals surface area contributed by atoms with E-state index in [2.05, 4.69) is 0 Å². The number of hydrogen-bond donors (Lipinski definition) is 1. The first-order valence-electron chi connectivity index (χ1n) is 9.77. The average Bonchev–Trinajstić information content (AvgIpc) is 3.35. The number of imide groups is 1. The predicted molar refractivity (Wildman–Crippen MR) is 104 cm³/mol. The summed E-state index contributed by atoms with van der Waals surface area (Å²) in [4.78, 5) is 42.2. The molecule has 148 valence electrons. The second-order valence-electron chi connectivity index (χ2n) is 7.94. The van der Waals surface area contributed by atoms with Gasteiger partial charge in [-0.15, -0.1) is 0 Å². The molecule has 2 aromatic carbocycles. The number of para-hydroxylation sites is 1. The Hall–Kier alpha value is -2.57. The van der Waals surface area contributed by atoms with Crippen LogP contribution in [0.25, 0.3) is 0 Å². The maximum atomic E-state index is 13.4. The number of Topliss-reactive ketones (excluding diaryl/α,β-unsaturated/α-hetero) is 1. The molecular formula is C22H19ClFN2O3+. The van der Waals surface area contributed by atoms with Gasteiger partial charge >= 0.3 is 0 Å². The van der Waals surface area contributed by atoms with Gasteiger partial charge in [0, 0.05) is 18.4 Å². The maximum Gasteiger partial charge on any atom is 0.244 e. The zero-order valence-corrected chi connectivity index (χ0v) is 16.2. The van der Waals surface area contributed by atoms with Crippen molar-refractivity contribution >= 4 is 34.9 Å². The highest BCUT2D eigenvalue weighted by molar-refractivity contribution is 6.36. The Balaban J connectivity index is 1.56. The fourth-order valence-electron chi connectivity index (χ4n) is 5.41. The first-order valence-corrected chi connectivity index (χ1v) is 10.1. The van der Waals surface area contributed by atoms with Gasteiger partial charge in [0.05, 0.1) is 17.3 Å². The van der Waals surface area contributed by atoms with Crippen LogP contribution in [0, 0.1) is 17.7 Å². The molecule has 3 saturated heterocycles. The lowest BCUT2D eigenvalue weighted by Crippen LogP contribution is -3.16. The first-order chi connectivity index (χ1) is 14.0. The fraction of sp³-hybridized carbons (Fsp3) is 0.318. The molecule has 0 bridgehead atoms. The molecule has 5 nitrogen and oxygen atoms in total. The highest BCUT2D eigenvalue weighted by atomic mass is 35.5. The van der Waals surface area contributed by atoms with Crippen molar-refractivity contribution in [3.63, 3.8) is 0 Å². The van der Waals surface area contributed by atoms with Crippen molar-refractivity contribution < 1.29 is 23.7 Å². The second-order valence-corrected chi connectivity index (χ2v) is 8.34. The SMILES string of the molecule is O=C(c1ccc(F)cc1)[C@@H]1[C@@H]2C(=O)N(c3ccccc3Cl)C(=O)[C@@H]2[C@@H]2CCC[NH+]12. The largest absolute Gasteiger partial charge is 0.322 e. The number of anilines is 1. The molecule has 2 aromatic rings. The molecule has 0 aromatic heterocycles. The van der Waals surface area contributed by atoms with E-state index in [-0.39, 0.29) is 23.6 Å². The van der Waals surface area contributed by atoms with Gasteiger partial charge in [0.2, 0.25) is 17.6 Å². The van der Waals surface area contributed by atoms with Crippen LogP contribution in [0.3, 0.4) is 0 Å². The van der Waals surface area contributed by atoms with E-state index in [0.29, 0.717) is 16.3 Å². The molecular weight excluding hydrogens is 395 g/mol. The number of hydrogen-bond acceptors (Lipinski definition) is 3. The minimum atomic E-state index is -0.711. The smallest absolute Gasteiger partial charge is 0.244 e. The average molecular weight is 414 g/mol. The van der Waals surface area contributed by atoms with E-state index in [1.165, 1.54) is 24.3 Å². The molecule has 0 radical (unpaired) electrons. The highest BCUT2D eigenvalue weighted by Gasteiger charge is 2.68. The number of nitrogens with one attached hydrogen (secondary N) is 1. The molecule has 0 spiro atoms. The van der Waals surface area contributed by atoms with Gasteiger partial charge < -0.3 is 4.90 Å². The van der Waals surface area contributed by atoms with Gasteiger partial charge in [-0.3, -0.25) is 14.4 Å². The van der Waals surface area contributed by atoms with Gasteiger partial charge in [-0.1, -0.05) is 23.7 Å². The number of carbonyl (C=O) groups is 3. The molecule has 7 heteroatoms. The Bertz CT molecular complexity index is 1020. The Morgan fingerprint density at radius 2 is 1.72 bits per heavy atom. The number of carbonyl (C=O) groups excluding carboxylic acids is 3. The number of nitrogens with zero attached hydrogens (tertiary/aromatic N) is 1. The van der Waals surface area contributed by atoms with Crippen molar-refractivity contribution in [3.8, 4) is 0 Å². The van der Waals surface area contributed by atoms with E-state index >= 15 is 0 Å². The summed E-state index contributed by atoms with van der Waals surface area (Å²) in [6, 6.07) is 11.4. The lowest BCUT2D eigenvalue weighted by molar-refractivity contribution is -0.915. The Kier molecular flexibility index (Phi) is 4.29. The Morgan fingerprint density at radius 3 is 2.45 bits per heavy atom. The quantitative estimate of drug-likeness (QED) is 0.617. The molecule has 5 rings (SSSR count). The monoisotopic (exact) mass is 413 g/mol. The first kappa shape index (κ1) is 18.5. The van der Waals surface area contributed by atoms with E-state index in [4.69, 9.17) is 11.6 Å². The normalized spacial score (nSPS) is 30.6. The van der Waals surface area contributed by atoms with Gasteiger partial charge in [-0.25, -0.2) is 9.29 Å². The van der Waals surface area contributed by atoms with Crippen molar-refractivity contribution in [2.24, 2.45) is 11.8 Å². The van der Waals surface area contributed by atoms with Crippen molar-refractivity contribution in [1.29, 1.82) is 0 Å². The van der Waals surface area contributed by atoms with Crippen LogP contribution in [0.4, 0.5) is 10.1 Å². The summed E-state index contributed by atoms with van der Waals surface area (Å²) in [6.07, 6.45) is 1.71. The summed E-state index contributed by atoms with van der Waals surface area (Å²) >= 11 is 6.26. The molecule has 3 heterocycles. The van der Waals surface area contributed by atoms with Crippen LogP contribution in [0.5, 0.6) is 0 Å². The number of amides is 2. The topological polar surface area (TPSA) is 58.9 Å². The van der Waals surface area contributed by atoms with Crippen LogP contribution < -0.4 is 9.80 Å². The summed E-state index contributed by atoms with van der Waals surface area (Å²) in [5, 5.41) is 0.325. The van der Waals surface area contributed by atoms with Crippen LogP contribution in [0.1, 0.15) is 23.2 Å². The van der Waals surface area contributed by atoms with Crippen molar-refractivity contribution in [2.45, 2.75) is 24.9 Å². The van der Waals surface area contributed by atoms with E-state index in [0.717, 1.165) is 29.2 Å². The van der Waals surface area contributed by atoms with Gasteiger partial charge in [0.15, 0.2) is 6.04 Å². The van der Waals surface area contributed by atoms with Gasteiger partial charge in [-0.2, -0.15) is 0 Å². The standard InChI is InChI=1S/C22H18ClFN2O3/c23-14-4-1-2-5-15(14)26-21(28)17-16-6-3-11-25(16)19(18(17)22(26)29)20(27)12-7-9-13(24)10-8-12/h1-2,4-5,7-10,16-19H,3,6,11H2/p+1/t16-,17+,18+,19-/m0/s1. The Labute approximate surface area is 172 Å². The van der Waals surface area contributed by atoms with Crippen LogP contribution in [0.15, 0.2) is 48.5 Å². The third-order valence-electron chi connectivity index (χ3n) is 6.55. The third kappa shape index (κ3) is 2.66. The predicted octanol–water partition coefficient (Wildman–Crippen LogP) is 1.90. The molecule has 5 atom stereocenters. The lowest BCUT2D eigenvalue weighted by Gasteiger charge is -2.25. The summed E-state index contributed by atoms with van der Waals surface area (Å²) in [5.41, 5.74) is 0.734. The molecule has 3 fully saturated rings. The number of halogens is 2. The zero-order valence-electron chi connectivity index (χ0n) is 15.5. The van der Waals surface area contributed by atoms with E-state index in [1.54, 1.807) is 24.3 Å². The van der Waals surface area contributed by atoms with Crippen molar-refractivity contribution in [3.05, 3.63) is 64.9 Å². The number of ketones is 1. The second kappa shape index (κ2) is 6.75. The third-order valence-corrected chi connectivity index (χ3v) is 6.87. The lowest BCUT2D eigenvalue weighted by atomic mass is 9.85. The Morgan fingerprint density at radius 1 is 1.03 bits per heavy atom. The molecule has 0 aliphatic carbocycles. The van der Waals surface area contributed by atoms with E-state index < -0.39 is 23.7 Å². The summed E-state index contributed by atoms with van der Waals surface area (Å²) < 4.78 is 13.3. The molecule has 3 aliphatic heterocycles. The van der Waals surface area contributed by atoms with Gasteiger partial charge in [-0.05, 0) is 36.4 Å². The minimum Gasteiger partial charge on any atom is -0.322 e. The molecule has 1 unspecified atom stereocenters. The molecule has 29 heavy (non-hydrogen) atoms. The van der Waals surface area contributed by atoms with Crippen LogP contribution in [-0.4, -0.2) is 36.2 Å². The van der Waals surface area contributed by atoms with Gasteiger partial charge in [0.25, 0.3) is 0 Å². The summed E-state index contributed by atoms with van der Waals surface area (Å²) in [5.74, 6) is -2.50. The number of quaternary nitrogens is 1. The van der Waals surface area contributed by atoms with Crippen molar-refractivity contribution in [2.75, 3.05) is 11.4 Å². The highest BCUT2D eigenvalue weighted by Crippen LogP contribution is 2.42. The molecule has 3 aliphatic rings.